The van der Waals surface area contributed by atoms with Gasteiger partial charge in [0.05, 0.1) is 24.0 Å². The Kier molecular flexibility index (Phi) is 3.94. The number of aryl methyl sites for hydroxylation is 1. The van der Waals surface area contributed by atoms with E-state index in [0.29, 0.717) is 6.42 Å². The molecular weight excluding hydrogens is 310 g/mol. The first-order valence-electron chi connectivity index (χ1n) is 8.36. The van der Waals surface area contributed by atoms with Crippen LogP contribution in [0.5, 0.6) is 0 Å². The number of carbonyl (C=O) groups excluding carboxylic acids is 1. The van der Waals surface area contributed by atoms with Crippen LogP contribution < -0.4 is 10.6 Å². The van der Waals surface area contributed by atoms with Gasteiger partial charge in [0.2, 0.25) is 5.91 Å². The average Bonchev–Trinajstić information content (AvgIpc) is 3.01. The summed E-state index contributed by atoms with van der Waals surface area (Å²) < 4.78 is 0. The highest BCUT2D eigenvalue weighted by molar-refractivity contribution is 5.99. The first kappa shape index (κ1) is 15.4. The van der Waals surface area contributed by atoms with Crippen molar-refractivity contribution >= 4 is 17.3 Å². The zero-order valence-electron chi connectivity index (χ0n) is 14.0. The summed E-state index contributed by atoms with van der Waals surface area (Å²) in [4.78, 5) is 16.0. The molecule has 0 radical (unpaired) electrons. The number of hydrogen-bond acceptors (Lipinski definition) is 3. The molecule has 1 aromatic heterocycles. The number of anilines is 2. The number of nitrogens with one attached hydrogen (secondary N) is 2. The van der Waals surface area contributed by atoms with Crippen LogP contribution in [0.15, 0.2) is 60.8 Å². The minimum absolute atomic E-state index is 0.0516. The number of aromatic nitrogens is 1. The van der Waals surface area contributed by atoms with Crippen molar-refractivity contribution in [3.05, 3.63) is 77.5 Å². The molecule has 4 nitrogen and oxygen atoms in total. The molecule has 0 spiro atoms. The highest BCUT2D eigenvalue weighted by Gasteiger charge is 2.17. The molecule has 4 heteroatoms. The summed E-state index contributed by atoms with van der Waals surface area (Å²) in [6, 6.07) is 18.5. The number of carbonyl (C=O) groups is 1. The molecule has 2 aromatic carbocycles. The lowest BCUT2D eigenvalue weighted by Gasteiger charge is -2.08. The predicted octanol–water partition coefficient (Wildman–Crippen LogP) is 4.16. The molecule has 3 aromatic rings. The monoisotopic (exact) mass is 329 g/mol. The molecule has 124 valence electrons. The van der Waals surface area contributed by atoms with Crippen molar-refractivity contribution in [3.63, 3.8) is 0 Å². The fourth-order valence-electron chi connectivity index (χ4n) is 2.95. The molecule has 25 heavy (non-hydrogen) atoms. The lowest BCUT2D eigenvalue weighted by atomic mass is 10.1. The minimum atomic E-state index is 0.0516. The fraction of sp³-hybridized carbons (Fsp3) is 0.143. The van der Waals surface area contributed by atoms with Crippen LogP contribution in [0, 0.1) is 6.92 Å². The van der Waals surface area contributed by atoms with Gasteiger partial charge in [-0.15, -0.1) is 0 Å². The fourth-order valence-corrected chi connectivity index (χ4v) is 2.95. The van der Waals surface area contributed by atoms with Gasteiger partial charge in [-0.25, -0.2) is 0 Å². The largest absolute Gasteiger partial charge is 0.380 e. The Morgan fingerprint density at radius 3 is 2.68 bits per heavy atom. The summed E-state index contributed by atoms with van der Waals surface area (Å²) in [5.41, 5.74) is 7.33. The van der Waals surface area contributed by atoms with Crippen molar-refractivity contribution in [2.75, 3.05) is 10.6 Å². The Morgan fingerprint density at radius 2 is 1.92 bits per heavy atom. The van der Waals surface area contributed by atoms with Crippen LogP contribution in [0.3, 0.4) is 0 Å². The van der Waals surface area contributed by atoms with Gasteiger partial charge in [-0.05, 0) is 36.2 Å². The van der Waals surface area contributed by atoms with Gasteiger partial charge in [-0.3, -0.25) is 9.78 Å². The lowest BCUT2D eigenvalue weighted by Crippen LogP contribution is -2.03. The second-order valence-corrected chi connectivity index (χ2v) is 6.37. The molecule has 2 N–H and O–H groups in total. The number of benzene rings is 2. The quantitative estimate of drug-likeness (QED) is 0.755. The highest BCUT2D eigenvalue weighted by atomic mass is 16.1. The normalized spacial score (nSPS) is 12.6. The molecule has 0 saturated carbocycles. The first-order chi connectivity index (χ1) is 12.2. The van der Waals surface area contributed by atoms with Crippen molar-refractivity contribution in [2.24, 2.45) is 0 Å². The van der Waals surface area contributed by atoms with E-state index in [1.165, 1.54) is 11.1 Å². The summed E-state index contributed by atoms with van der Waals surface area (Å²) in [5, 5.41) is 6.27. The Bertz CT molecular complexity index is 915. The Hall–Kier alpha value is -3.14. The van der Waals surface area contributed by atoms with E-state index in [1.807, 2.05) is 36.5 Å². The molecule has 2 heterocycles. The summed E-state index contributed by atoms with van der Waals surface area (Å²) in [7, 11) is 0. The van der Waals surface area contributed by atoms with E-state index in [4.69, 9.17) is 0 Å². The summed E-state index contributed by atoms with van der Waals surface area (Å²) >= 11 is 0. The van der Waals surface area contributed by atoms with Gasteiger partial charge < -0.3 is 10.6 Å². The topological polar surface area (TPSA) is 54.0 Å². The molecule has 1 aliphatic rings. The molecule has 0 unspecified atom stereocenters. The van der Waals surface area contributed by atoms with Gasteiger partial charge in [0.25, 0.3) is 0 Å². The highest BCUT2D eigenvalue weighted by Crippen LogP contribution is 2.28. The van der Waals surface area contributed by atoms with Crippen LogP contribution in [0.2, 0.25) is 0 Å². The van der Waals surface area contributed by atoms with Crippen LogP contribution in [0.4, 0.5) is 11.4 Å². The molecule has 0 saturated heterocycles. The number of rotatable bonds is 4. The summed E-state index contributed by atoms with van der Waals surface area (Å²) in [5.74, 6) is 0.0516. The zero-order valence-corrected chi connectivity index (χ0v) is 14.0. The van der Waals surface area contributed by atoms with Gasteiger partial charge >= 0.3 is 0 Å². The Balaban J connectivity index is 1.46. The standard InChI is InChI=1S/C21H19N3O/c1-14-2-4-15(5-3-14)12-22-18-8-9-19(23-13-18)16-6-7-17-11-21(25)24-20(17)10-16/h2-10,13,22H,11-12H2,1H3,(H,24,25). The van der Waals surface area contributed by atoms with Crippen LogP contribution in [-0.4, -0.2) is 10.9 Å². The summed E-state index contributed by atoms with van der Waals surface area (Å²) in [6.45, 7) is 2.86. The van der Waals surface area contributed by atoms with Crippen LogP contribution >= 0.6 is 0 Å². The van der Waals surface area contributed by atoms with Crippen LogP contribution in [-0.2, 0) is 17.8 Å². The van der Waals surface area contributed by atoms with Gasteiger partial charge in [-0.2, -0.15) is 0 Å². The van der Waals surface area contributed by atoms with E-state index in [-0.39, 0.29) is 5.91 Å². The summed E-state index contributed by atoms with van der Waals surface area (Å²) in [6.07, 6.45) is 2.31. The third-order valence-corrected chi connectivity index (χ3v) is 4.41. The first-order valence-corrected chi connectivity index (χ1v) is 8.36. The number of pyridine rings is 1. The Labute approximate surface area is 146 Å². The molecule has 1 amide bonds. The second kappa shape index (κ2) is 6.40. The maximum atomic E-state index is 11.5. The second-order valence-electron chi connectivity index (χ2n) is 6.37. The van der Waals surface area contributed by atoms with Crippen molar-refractivity contribution < 1.29 is 4.79 Å². The average molecular weight is 329 g/mol. The molecule has 0 atom stereocenters. The maximum absolute atomic E-state index is 11.5. The number of amides is 1. The van der Waals surface area contributed by atoms with Crippen LogP contribution in [0.1, 0.15) is 16.7 Å². The van der Waals surface area contributed by atoms with Crippen molar-refractivity contribution in [1.29, 1.82) is 0 Å². The number of hydrogen-bond donors (Lipinski definition) is 2. The van der Waals surface area contributed by atoms with E-state index >= 15 is 0 Å². The third-order valence-electron chi connectivity index (χ3n) is 4.41. The van der Waals surface area contributed by atoms with Crippen molar-refractivity contribution in [2.45, 2.75) is 19.9 Å². The van der Waals surface area contributed by atoms with E-state index in [1.54, 1.807) is 0 Å². The van der Waals surface area contributed by atoms with E-state index in [0.717, 1.165) is 34.7 Å². The molecule has 0 aliphatic carbocycles. The zero-order chi connectivity index (χ0) is 17.2. The molecule has 4 rings (SSSR count). The van der Waals surface area contributed by atoms with E-state index in [2.05, 4.69) is 46.8 Å². The minimum Gasteiger partial charge on any atom is -0.380 e. The van der Waals surface area contributed by atoms with Gasteiger partial charge in [-0.1, -0.05) is 42.0 Å². The predicted molar refractivity (Wildman–Crippen MR) is 101 cm³/mol. The van der Waals surface area contributed by atoms with Gasteiger partial charge in [0, 0.05) is 17.8 Å². The maximum Gasteiger partial charge on any atom is 0.228 e. The van der Waals surface area contributed by atoms with Gasteiger partial charge in [0.1, 0.15) is 0 Å². The molecule has 1 aliphatic heterocycles. The van der Waals surface area contributed by atoms with Gasteiger partial charge in [0.15, 0.2) is 0 Å². The van der Waals surface area contributed by atoms with Crippen molar-refractivity contribution in [3.8, 4) is 11.3 Å². The number of nitrogens with zero attached hydrogens (tertiary/aromatic N) is 1. The van der Waals surface area contributed by atoms with E-state index < -0.39 is 0 Å². The molecule has 0 bridgehead atoms. The van der Waals surface area contributed by atoms with Crippen molar-refractivity contribution in [1.82, 2.24) is 4.98 Å². The lowest BCUT2D eigenvalue weighted by molar-refractivity contribution is -0.115. The smallest absolute Gasteiger partial charge is 0.228 e. The molecule has 0 fully saturated rings. The van der Waals surface area contributed by atoms with Crippen LogP contribution in [0.25, 0.3) is 11.3 Å². The van der Waals surface area contributed by atoms with E-state index in [9.17, 15) is 4.79 Å². The third kappa shape index (κ3) is 3.38. The number of fused-ring (bicyclic) bond motifs is 1. The molecular formula is C21H19N3O. The Morgan fingerprint density at radius 1 is 1.08 bits per heavy atom. The SMILES string of the molecule is Cc1ccc(CNc2ccc(-c3ccc4c(c3)NC(=O)C4)nc2)cc1.